The van der Waals surface area contributed by atoms with Gasteiger partial charge in [0.25, 0.3) is 0 Å². The summed E-state index contributed by atoms with van der Waals surface area (Å²) >= 11 is 1.56. The van der Waals surface area contributed by atoms with Gasteiger partial charge in [-0.15, -0.1) is 10.2 Å². The van der Waals surface area contributed by atoms with Crippen LogP contribution in [-0.2, 0) is 11.3 Å². The largest absolute Gasteiger partial charge is 0.355 e. The monoisotopic (exact) mass is 488 g/mol. The molecule has 5 rings (SSSR count). The Hall–Kier alpha value is -2.97. The lowest BCUT2D eigenvalue weighted by Gasteiger charge is -2.14. The Bertz CT molecular complexity index is 1300. The van der Waals surface area contributed by atoms with Crippen LogP contribution in [0.3, 0.4) is 0 Å². The van der Waals surface area contributed by atoms with Crippen molar-refractivity contribution in [1.29, 1.82) is 0 Å². The van der Waals surface area contributed by atoms with Gasteiger partial charge in [0, 0.05) is 37.2 Å². The van der Waals surface area contributed by atoms with E-state index in [0.29, 0.717) is 11.6 Å². The Balaban J connectivity index is 1.23. The summed E-state index contributed by atoms with van der Waals surface area (Å²) in [7, 11) is 0. The molecule has 2 aromatic heterocycles. The summed E-state index contributed by atoms with van der Waals surface area (Å²) in [5.74, 6) is 0.905. The normalized spacial score (nSPS) is 14.2. The molecule has 7 nitrogen and oxygen atoms in total. The second-order valence-corrected chi connectivity index (χ2v) is 10.3. The number of hydrogen-bond acceptors (Lipinski definition) is 6. The minimum absolute atomic E-state index is 0.123. The number of benzene rings is 2. The highest BCUT2D eigenvalue weighted by Crippen LogP contribution is 2.29. The molecule has 1 aliphatic heterocycles. The zero-order chi connectivity index (χ0) is 24.0. The average molecular weight is 489 g/mol. The third kappa shape index (κ3) is 5.82. The lowest BCUT2D eigenvalue weighted by Crippen LogP contribution is -2.33. The summed E-state index contributed by atoms with van der Waals surface area (Å²) in [6.45, 7) is 6.83. The van der Waals surface area contributed by atoms with E-state index in [0.717, 1.165) is 67.0 Å². The van der Waals surface area contributed by atoms with Gasteiger partial charge in [0.15, 0.2) is 5.65 Å². The summed E-state index contributed by atoms with van der Waals surface area (Å²) in [6.07, 6.45) is 3.87. The van der Waals surface area contributed by atoms with E-state index < -0.39 is 0 Å². The first-order valence-corrected chi connectivity index (χ1v) is 13.4. The molecular weight excluding hydrogens is 456 g/mol. The topological polar surface area (TPSA) is 75.9 Å². The molecule has 0 radical (unpaired) electrons. The van der Waals surface area contributed by atoms with Gasteiger partial charge in [-0.25, -0.2) is 4.98 Å². The van der Waals surface area contributed by atoms with E-state index in [9.17, 15) is 4.79 Å². The number of thioether (sulfide) groups is 1. The highest BCUT2D eigenvalue weighted by Gasteiger charge is 2.16. The van der Waals surface area contributed by atoms with Gasteiger partial charge in [-0.2, -0.15) is 0 Å². The standard InChI is InChI=1S/C27H32N6OS/c1-20-11-12-23-22(18-20)25-26(33(23)19-21-8-3-2-4-9-21)29-27(31-30-25)35-17-7-10-24(34)28-13-16-32-14-5-6-15-32/h2-4,8-9,11-12,18H,5-7,10,13-17,19H2,1H3,(H,28,34). The van der Waals surface area contributed by atoms with Crippen molar-refractivity contribution in [1.82, 2.24) is 30.0 Å². The fraction of sp³-hybridized carbons (Fsp3) is 0.407. The first-order valence-electron chi connectivity index (χ1n) is 12.5. The molecule has 0 aliphatic carbocycles. The lowest BCUT2D eigenvalue weighted by atomic mass is 10.1. The SMILES string of the molecule is Cc1ccc2c(c1)c1nnc(SCCCC(=O)NCCN3CCCC3)nc1n2Cc1ccccc1. The molecule has 35 heavy (non-hydrogen) atoms. The van der Waals surface area contributed by atoms with Crippen LogP contribution in [0.1, 0.15) is 36.8 Å². The molecule has 0 unspecified atom stereocenters. The number of nitrogens with zero attached hydrogens (tertiary/aromatic N) is 5. The van der Waals surface area contributed by atoms with Crippen LogP contribution in [0.25, 0.3) is 22.1 Å². The predicted octanol–water partition coefficient (Wildman–Crippen LogP) is 4.42. The van der Waals surface area contributed by atoms with E-state index in [1.165, 1.54) is 24.0 Å². The summed E-state index contributed by atoms with van der Waals surface area (Å²) in [5.41, 5.74) is 5.21. The number of aromatic nitrogens is 4. The number of amides is 1. The van der Waals surface area contributed by atoms with Crippen LogP contribution in [0.5, 0.6) is 0 Å². The second kappa shape index (κ2) is 11.2. The molecular formula is C27H32N6OS. The maximum Gasteiger partial charge on any atom is 0.220 e. The maximum absolute atomic E-state index is 12.2. The molecule has 8 heteroatoms. The third-order valence-corrected chi connectivity index (χ3v) is 7.44. The Morgan fingerprint density at radius 1 is 1.09 bits per heavy atom. The van der Waals surface area contributed by atoms with Crippen molar-refractivity contribution in [2.24, 2.45) is 0 Å². The number of carbonyl (C=O) groups is 1. The van der Waals surface area contributed by atoms with Crippen molar-refractivity contribution in [3.63, 3.8) is 0 Å². The minimum atomic E-state index is 0.123. The van der Waals surface area contributed by atoms with Gasteiger partial charge in [0.1, 0.15) is 5.52 Å². The summed E-state index contributed by atoms with van der Waals surface area (Å²) in [6, 6.07) is 16.8. The van der Waals surface area contributed by atoms with E-state index in [-0.39, 0.29) is 5.91 Å². The van der Waals surface area contributed by atoms with Crippen LogP contribution in [0.15, 0.2) is 53.7 Å². The van der Waals surface area contributed by atoms with Crippen LogP contribution in [-0.4, -0.2) is 62.5 Å². The average Bonchev–Trinajstić information content (AvgIpc) is 3.49. The first kappa shape index (κ1) is 23.8. The van der Waals surface area contributed by atoms with E-state index >= 15 is 0 Å². The van der Waals surface area contributed by atoms with Gasteiger partial charge >= 0.3 is 0 Å². The van der Waals surface area contributed by atoms with Crippen LogP contribution in [0.2, 0.25) is 0 Å². The van der Waals surface area contributed by atoms with Gasteiger partial charge < -0.3 is 14.8 Å². The van der Waals surface area contributed by atoms with Gasteiger partial charge in [0.05, 0.1) is 5.52 Å². The molecule has 0 saturated carbocycles. The molecule has 1 amide bonds. The molecule has 0 spiro atoms. The summed E-state index contributed by atoms with van der Waals surface area (Å²) in [4.78, 5) is 19.5. The van der Waals surface area contributed by atoms with E-state index in [2.05, 4.69) is 74.4 Å². The van der Waals surface area contributed by atoms with Crippen molar-refractivity contribution in [3.8, 4) is 0 Å². The molecule has 1 saturated heterocycles. The maximum atomic E-state index is 12.2. The van der Waals surface area contributed by atoms with Gasteiger partial charge in [0.2, 0.25) is 11.1 Å². The van der Waals surface area contributed by atoms with Crippen molar-refractivity contribution in [3.05, 3.63) is 59.7 Å². The molecule has 0 atom stereocenters. The zero-order valence-electron chi connectivity index (χ0n) is 20.2. The Morgan fingerprint density at radius 2 is 1.91 bits per heavy atom. The van der Waals surface area contributed by atoms with Crippen molar-refractivity contribution in [2.75, 3.05) is 31.9 Å². The number of aryl methyl sites for hydroxylation is 1. The Labute approximate surface area is 210 Å². The molecule has 1 aliphatic rings. The molecule has 1 fully saturated rings. The van der Waals surface area contributed by atoms with E-state index in [4.69, 9.17) is 4.98 Å². The molecule has 182 valence electrons. The molecule has 1 N–H and O–H groups in total. The molecule has 3 heterocycles. The number of carbonyl (C=O) groups excluding carboxylic acids is 1. The number of hydrogen-bond donors (Lipinski definition) is 1. The lowest BCUT2D eigenvalue weighted by molar-refractivity contribution is -0.121. The van der Waals surface area contributed by atoms with Gasteiger partial charge in [-0.3, -0.25) is 4.79 Å². The fourth-order valence-electron chi connectivity index (χ4n) is 4.69. The number of fused-ring (bicyclic) bond motifs is 3. The zero-order valence-corrected chi connectivity index (χ0v) is 21.1. The molecule has 2 aromatic carbocycles. The predicted molar refractivity (Wildman–Crippen MR) is 142 cm³/mol. The van der Waals surface area contributed by atoms with Crippen LogP contribution in [0.4, 0.5) is 0 Å². The molecule has 0 bridgehead atoms. The smallest absolute Gasteiger partial charge is 0.220 e. The van der Waals surface area contributed by atoms with Crippen LogP contribution < -0.4 is 5.32 Å². The number of likely N-dealkylation sites (tertiary alicyclic amines) is 1. The van der Waals surface area contributed by atoms with Crippen LogP contribution in [0, 0.1) is 6.92 Å². The minimum Gasteiger partial charge on any atom is -0.355 e. The Kier molecular flexibility index (Phi) is 7.59. The second-order valence-electron chi connectivity index (χ2n) is 9.21. The number of nitrogens with one attached hydrogen (secondary N) is 1. The van der Waals surface area contributed by atoms with Crippen molar-refractivity contribution in [2.45, 2.75) is 44.3 Å². The first-order chi connectivity index (χ1) is 17.2. The molecule has 4 aromatic rings. The van der Waals surface area contributed by atoms with E-state index in [1.807, 2.05) is 6.07 Å². The van der Waals surface area contributed by atoms with Gasteiger partial charge in [-0.05, 0) is 57.0 Å². The fourth-order valence-corrected chi connectivity index (χ4v) is 5.41. The summed E-state index contributed by atoms with van der Waals surface area (Å²) < 4.78 is 2.23. The van der Waals surface area contributed by atoms with Crippen molar-refractivity contribution < 1.29 is 4.79 Å². The van der Waals surface area contributed by atoms with Gasteiger partial charge in [-0.1, -0.05) is 53.7 Å². The van der Waals surface area contributed by atoms with Crippen LogP contribution >= 0.6 is 11.8 Å². The third-order valence-electron chi connectivity index (χ3n) is 6.51. The highest BCUT2D eigenvalue weighted by molar-refractivity contribution is 7.99. The Morgan fingerprint density at radius 3 is 2.74 bits per heavy atom. The number of rotatable bonds is 10. The van der Waals surface area contributed by atoms with Crippen molar-refractivity contribution >= 4 is 39.7 Å². The van der Waals surface area contributed by atoms with E-state index in [1.54, 1.807) is 11.8 Å². The quantitative estimate of drug-likeness (QED) is 0.263. The summed E-state index contributed by atoms with van der Waals surface area (Å²) in [5, 5.41) is 13.7. The highest BCUT2D eigenvalue weighted by atomic mass is 32.2.